The van der Waals surface area contributed by atoms with Gasteiger partial charge in [0, 0.05) is 6.04 Å². The molecule has 1 aliphatic carbocycles. The van der Waals surface area contributed by atoms with Crippen LogP contribution in [0.1, 0.15) is 40.0 Å². The summed E-state index contributed by atoms with van der Waals surface area (Å²) in [6, 6.07) is 0.207. The van der Waals surface area contributed by atoms with Crippen molar-refractivity contribution in [2.45, 2.75) is 46.1 Å². The van der Waals surface area contributed by atoms with E-state index in [2.05, 4.69) is 20.8 Å². The molecule has 2 unspecified atom stereocenters. The van der Waals surface area contributed by atoms with Crippen molar-refractivity contribution in [3.05, 3.63) is 0 Å². The standard InChI is InChI=1S/C9H18N/c1-7-4-8(10)6-9(2,3)5-7/h7-8,10H,4-6H2,1-3H3. The predicted octanol–water partition coefficient (Wildman–Crippen LogP) is 2.48. The van der Waals surface area contributed by atoms with Crippen molar-refractivity contribution < 1.29 is 0 Å². The third-order valence-electron chi connectivity index (χ3n) is 2.39. The van der Waals surface area contributed by atoms with Crippen LogP contribution in [0.5, 0.6) is 0 Å². The highest BCUT2D eigenvalue weighted by molar-refractivity contribution is 4.83. The minimum Gasteiger partial charge on any atom is -0.254 e. The molecule has 0 saturated heterocycles. The number of rotatable bonds is 0. The fraction of sp³-hybridized carbons (Fsp3) is 1.00. The molecule has 1 fully saturated rings. The normalized spacial score (nSPS) is 39.6. The van der Waals surface area contributed by atoms with Gasteiger partial charge in [0.25, 0.3) is 0 Å². The summed E-state index contributed by atoms with van der Waals surface area (Å²) in [4.78, 5) is 0. The molecule has 1 N–H and O–H groups in total. The van der Waals surface area contributed by atoms with Crippen LogP contribution in [0.2, 0.25) is 0 Å². The Hall–Kier alpha value is -0.0400. The van der Waals surface area contributed by atoms with Gasteiger partial charge in [-0.15, -0.1) is 0 Å². The zero-order valence-electron chi connectivity index (χ0n) is 7.28. The molecule has 0 aromatic carbocycles. The highest BCUT2D eigenvalue weighted by Crippen LogP contribution is 2.37. The molecule has 0 aromatic rings. The average molecular weight is 140 g/mol. The van der Waals surface area contributed by atoms with E-state index < -0.39 is 0 Å². The Morgan fingerprint density at radius 2 is 1.90 bits per heavy atom. The third-order valence-corrected chi connectivity index (χ3v) is 2.39. The second-order valence-electron chi connectivity index (χ2n) is 4.61. The summed E-state index contributed by atoms with van der Waals surface area (Å²) in [5, 5.41) is 0. The van der Waals surface area contributed by atoms with Gasteiger partial charge in [0.1, 0.15) is 0 Å². The number of hydrogen-bond acceptors (Lipinski definition) is 0. The molecule has 0 bridgehead atoms. The first-order valence-electron chi connectivity index (χ1n) is 4.21. The topological polar surface area (TPSA) is 23.8 Å². The van der Waals surface area contributed by atoms with Crippen LogP contribution in [0, 0.1) is 11.3 Å². The van der Waals surface area contributed by atoms with Gasteiger partial charge in [-0.1, -0.05) is 20.8 Å². The maximum absolute atomic E-state index is 7.66. The number of hydrogen-bond donors (Lipinski definition) is 0. The SMILES string of the molecule is CC1CC([NH])CC(C)(C)C1. The molecule has 1 radical (unpaired) electrons. The Labute approximate surface area is 64.0 Å². The lowest BCUT2D eigenvalue weighted by Gasteiger charge is -2.36. The molecule has 0 aliphatic heterocycles. The van der Waals surface area contributed by atoms with Gasteiger partial charge < -0.3 is 0 Å². The van der Waals surface area contributed by atoms with Crippen molar-refractivity contribution in [2.24, 2.45) is 11.3 Å². The smallest absolute Gasteiger partial charge is 0.0220 e. The quantitative estimate of drug-likeness (QED) is 0.493. The van der Waals surface area contributed by atoms with Crippen molar-refractivity contribution in [3.8, 4) is 0 Å². The lowest BCUT2D eigenvalue weighted by Crippen LogP contribution is -2.31. The van der Waals surface area contributed by atoms with Gasteiger partial charge in [-0.2, -0.15) is 0 Å². The molecular weight excluding hydrogens is 122 g/mol. The van der Waals surface area contributed by atoms with Crippen LogP contribution in [-0.4, -0.2) is 6.04 Å². The van der Waals surface area contributed by atoms with Crippen molar-refractivity contribution in [2.75, 3.05) is 0 Å². The number of nitrogens with one attached hydrogen (secondary N) is 1. The first-order valence-corrected chi connectivity index (χ1v) is 4.21. The largest absolute Gasteiger partial charge is 0.254 e. The molecule has 1 aliphatic rings. The van der Waals surface area contributed by atoms with Gasteiger partial charge in [0.05, 0.1) is 0 Å². The van der Waals surface area contributed by atoms with E-state index >= 15 is 0 Å². The van der Waals surface area contributed by atoms with Crippen LogP contribution >= 0.6 is 0 Å². The van der Waals surface area contributed by atoms with E-state index in [-0.39, 0.29) is 6.04 Å². The molecule has 59 valence electrons. The first kappa shape index (κ1) is 8.06. The van der Waals surface area contributed by atoms with Gasteiger partial charge in [-0.3, -0.25) is 5.73 Å². The van der Waals surface area contributed by atoms with Gasteiger partial charge in [-0.25, -0.2) is 0 Å². The maximum atomic E-state index is 7.66. The van der Waals surface area contributed by atoms with Crippen molar-refractivity contribution >= 4 is 0 Å². The lowest BCUT2D eigenvalue weighted by atomic mass is 9.71. The van der Waals surface area contributed by atoms with E-state index in [0.29, 0.717) is 5.41 Å². The lowest BCUT2D eigenvalue weighted by molar-refractivity contribution is 0.167. The van der Waals surface area contributed by atoms with Gasteiger partial charge >= 0.3 is 0 Å². The monoisotopic (exact) mass is 140 g/mol. The predicted molar refractivity (Wildman–Crippen MR) is 43.7 cm³/mol. The molecule has 1 saturated carbocycles. The fourth-order valence-corrected chi connectivity index (χ4v) is 2.35. The van der Waals surface area contributed by atoms with Gasteiger partial charge in [-0.05, 0) is 30.6 Å². The summed E-state index contributed by atoms with van der Waals surface area (Å²) in [5.74, 6) is 0.770. The van der Waals surface area contributed by atoms with Crippen LogP contribution in [0.25, 0.3) is 0 Å². The highest BCUT2D eigenvalue weighted by Gasteiger charge is 2.30. The molecule has 1 heteroatoms. The fourth-order valence-electron chi connectivity index (χ4n) is 2.35. The molecule has 2 atom stereocenters. The van der Waals surface area contributed by atoms with Crippen LogP contribution in [0.15, 0.2) is 0 Å². The van der Waals surface area contributed by atoms with Crippen LogP contribution in [0.3, 0.4) is 0 Å². The van der Waals surface area contributed by atoms with Crippen molar-refractivity contribution in [1.29, 1.82) is 0 Å². The molecule has 0 spiro atoms. The Morgan fingerprint density at radius 1 is 1.30 bits per heavy atom. The molecule has 10 heavy (non-hydrogen) atoms. The molecule has 0 amide bonds. The first-order chi connectivity index (χ1) is 4.49. The Balaban J connectivity index is 2.51. The van der Waals surface area contributed by atoms with E-state index in [0.717, 1.165) is 18.8 Å². The van der Waals surface area contributed by atoms with E-state index in [4.69, 9.17) is 5.73 Å². The minimum absolute atomic E-state index is 0.207. The summed E-state index contributed by atoms with van der Waals surface area (Å²) in [5.41, 5.74) is 8.09. The zero-order valence-corrected chi connectivity index (χ0v) is 7.28. The van der Waals surface area contributed by atoms with E-state index in [9.17, 15) is 0 Å². The van der Waals surface area contributed by atoms with Crippen LogP contribution in [-0.2, 0) is 0 Å². The summed E-state index contributed by atoms with van der Waals surface area (Å²) in [6.07, 6.45) is 3.52. The van der Waals surface area contributed by atoms with E-state index in [1.165, 1.54) is 6.42 Å². The van der Waals surface area contributed by atoms with Crippen LogP contribution < -0.4 is 5.73 Å². The van der Waals surface area contributed by atoms with Gasteiger partial charge in [0.15, 0.2) is 0 Å². The summed E-state index contributed by atoms with van der Waals surface area (Å²) >= 11 is 0. The molecule has 1 rings (SSSR count). The summed E-state index contributed by atoms with van der Waals surface area (Å²) < 4.78 is 0. The Bertz CT molecular complexity index is 106. The van der Waals surface area contributed by atoms with Gasteiger partial charge in [0.2, 0.25) is 0 Å². The Morgan fingerprint density at radius 3 is 2.30 bits per heavy atom. The van der Waals surface area contributed by atoms with E-state index in [1.54, 1.807) is 0 Å². The van der Waals surface area contributed by atoms with E-state index in [1.807, 2.05) is 0 Å². The summed E-state index contributed by atoms with van der Waals surface area (Å²) in [6.45, 7) is 6.83. The summed E-state index contributed by atoms with van der Waals surface area (Å²) in [7, 11) is 0. The third kappa shape index (κ3) is 1.98. The average Bonchev–Trinajstić information content (AvgIpc) is 1.54. The molecule has 0 aromatic heterocycles. The minimum atomic E-state index is 0.207. The Kier molecular flexibility index (Phi) is 2.04. The van der Waals surface area contributed by atoms with Crippen LogP contribution in [0.4, 0.5) is 0 Å². The molecule has 1 nitrogen and oxygen atoms in total. The maximum Gasteiger partial charge on any atom is 0.0220 e. The molecule has 0 heterocycles. The molecular formula is C9H18N. The van der Waals surface area contributed by atoms with Crippen molar-refractivity contribution in [1.82, 2.24) is 5.73 Å². The van der Waals surface area contributed by atoms with Crippen molar-refractivity contribution in [3.63, 3.8) is 0 Å². The highest BCUT2D eigenvalue weighted by atomic mass is 14.7. The second-order valence-corrected chi connectivity index (χ2v) is 4.61. The zero-order chi connectivity index (χ0) is 7.78. The second kappa shape index (κ2) is 2.54.